The van der Waals surface area contributed by atoms with Crippen molar-refractivity contribution in [1.29, 1.82) is 0 Å². The second-order valence-electron chi connectivity index (χ2n) is 8.32. The number of nitrogens with zero attached hydrogens (tertiary/aromatic N) is 2. The first-order valence-corrected chi connectivity index (χ1v) is 9.55. The van der Waals surface area contributed by atoms with Crippen LogP contribution in [0.4, 0.5) is 0 Å². The molecule has 5 rings (SSSR count). The van der Waals surface area contributed by atoms with Crippen LogP contribution in [-0.2, 0) is 0 Å². The van der Waals surface area contributed by atoms with Crippen molar-refractivity contribution in [2.24, 2.45) is 22.2 Å². The minimum absolute atomic E-state index is 0.0869. The smallest absolute Gasteiger partial charge is 0.0743 e. The molecule has 3 atom stereocenters. The van der Waals surface area contributed by atoms with Crippen molar-refractivity contribution in [3.8, 4) is 0 Å². The molecule has 1 fully saturated rings. The third kappa shape index (κ3) is 1.97. The molecule has 5 bridgehead atoms. The molecule has 0 aromatic carbocycles. The van der Waals surface area contributed by atoms with E-state index in [1.54, 1.807) is 16.8 Å². The lowest BCUT2D eigenvalue weighted by Crippen LogP contribution is -2.46. The quantitative estimate of drug-likeness (QED) is 0.718. The third-order valence-electron chi connectivity index (χ3n) is 7.00. The van der Waals surface area contributed by atoms with E-state index in [4.69, 9.17) is 16.6 Å². The van der Waals surface area contributed by atoms with Crippen LogP contribution in [0, 0.1) is 17.3 Å². The molecule has 0 amide bonds. The van der Waals surface area contributed by atoms with Crippen LogP contribution in [0.1, 0.15) is 46.0 Å². The van der Waals surface area contributed by atoms with Crippen LogP contribution in [-0.4, -0.2) is 30.2 Å². The number of hydrogen-bond acceptors (Lipinski definition) is 2. The van der Waals surface area contributed by atoms with Gasteiger partial charge in [-0.1, -0.05) is 31.0 Å². The number of likely N-dealkylation sites (tertiary alicyclic amines) is 1. The highest BCUT2D eigenvalue weighted by molar-refractivity contribution is 6.30. The summed E-state index contributed by atoms with van der Waals surface area (Å²) >= 11 is 6.45. The molecule has 3 unspecified atom stereocenters. The fraction of sp³-hybridized carbons (Fsp3) is 0.650. The first-order valence-electron chi connectivity index (χ1n) is 9.17. The third-order valence-corrected chi connectivity index (χ3v) is 7.23. The average Bonchev–Trinajstić information content (AvgIpc) is 3.26. The van der Waals surface area contributed by atoms with Gasteiger partial charge < -0.3 is 4.90 Å². The van der Waals surface area contributed by atoms with Gasteiger partial charge in [0.1, 0.15) is 0 Å². The Morgan fingerprint density at radius 2 is 2.17 bits per heavy atom. The summed E-state index contributed by atoms with van der Waals surface area (Å²) in [7, 11) is 0. The Kier molecular flexibility index (Phi) is 2.96. The second kappa shape index (κ2) is 4.75. The lowest BCUT2D eigenvalue weighted by molar-refractivity contribution is 0.146. The Bertz CT molecular complexity index is 694. The van der Waals surface area contributed by atoms with Gasteiger partial charge in [-0.15, -0.1) is 0 Å². The predicted molar refractivity (Wildman–Crippen MR) is 95.7 cm³/mol. The molecule has 2 heterocycles. The number of aliphatic imine (C=N–C) groups is 1. The summed E-state index contributed by atoms with van der Waals surface area (Å²) in [6.07, 6.45) is 11.0. The highest BCUT2D eigenvalue weighted by Crippen LogP contribution is 2.57. The van der Waals surface area contributed by atoms with Gasteiger partial charge in [-0.25, -0.2) is 0 Å². The van der Waals surface area contributed by atoms with Crippen molar-refractivity contribution in [2.45, 2.75) is 52.0 Å². The van der Waals surface area contributed by atoms with Crippen molar-refractivity contribution in [3.63, 3.8) is 0 Å². The van der Waals surface area contributed by atoms with E-state index in [1.807, 2.05) is 0 Å². The summed E-state index contributed by atoms with van der Waals surface area (Å²) in [5.41, 5.74) is 6.41. The summed E-state index contributed by atoms with van der Waals surface area (Å²) < 4.78 is 0. The molecule has 0 aromatic heterocycles. The zero-order chi connectivity index (χ0) is 15.8. The van der Waals surface area contributed by atoms with E-state index in [0.29, 0.717) is 18.5 Å². The highest BCUT2D eigenvalue weighted by Gasteiger charge is 2.51. The second-order valence-corrected chi connectivity index (χ2v) is 8.80. The van der Waals surface area contributed by atoms with Crippen LogP contribution in [0.2, 0.25) is 0 Å². The maximum atomic E-state index is 6.45. The van der Waals surface area contributed by atoms with Crippen molar-refractivity contribution in [1.82, 2.24) is 4.90 Å². The van der Waals surface area contributed by atoms with Gasteiger partial charge in [-0.2, -0.15) is 0 Å². The van der Waals surface area contributed by atoms with E-state index in [-0.39, 0.29) is 5.41 Å². The first-order chi connectivity index (χ1) is 11.1. The van der Waals surface area contributed by atoms with Crippen molar-refractivity contribution in [2.75, 3.05) is 13.1 Å². The van der Waals surface area contributed by atoms with Gasteiger partial charge in [-0.05, 0) is 61.2 Å². The molecule has 5 aliphatic rings. The van der Waals surface area contributed by atoms with Gasteiger partial charge in [0.05, 0.1) is 6.54 Å². The van der Waals surface area contributed by atoms with Crippen LogP contribution in [0.25, 0.3) is 0 Å². The van der Waals surface area contributed by atoms with E-state index in [0.717, 1.165) is 11.0 Å². The molecule has 2 aliphatic heterocycles. The van der Waals surface area contributed by atoms with Crippen molar-refractivity contribution < 1.29 is 0 Å². The number of hydrogen-bond donors (Lipinski definition) is 0. The molecule has 0 N–H and O–H groups in total. The highest BCUT2D eigenvalue weighted by atomic mass is 35.5. The maximum Gasteiger partial charge on any atom is 0.0743 e. The Balaban J connectivity index is 1.72. The largest absolute Gasteiger partial charge is 0.371 e. The molecule has 0 spiro atoms. The number of halogens is 1. The van der Waals surface area contributed by atoms with Gasteiger partial charge in [0, 0.05) is 34.9 Å². The lowest BCUT2D eigenvalue weighted by atomic mass is 9.66. The molecule has 1 saturated carbocycles. The minimum atomic E-state index is 0.0869. The van der Waals surface area contributed by atoms with Crippen LogP contribution >= 0.6 is 11.6 Å². The molecule has 0 aromatic rings. The molecule has 0 radical (unpaired) electrons. The fourth-order valence-electron chi connectivity index (χ4n) is 5.33. The molecule has 3 aliphatic carbocycles. The van der Waals surface area contributed by atoms with Crippen LogP contribution < -0.4 is 0 Å². The summed E-state index contributed by atoms with van der Waals surface area (Å²) in [4.78, 5) is 7.49. The zero-order valence-electron chi connectivity index (χ0n) is 14.1. The summed E-state index contributed by atoms with van der Waals surface area (Å²) in [5.74, 6) is 1.55. The van der Waals surface area contributed by atoms with Gasteiger partial charge in [0.15, 0.2) is 0 Å². The lowest BCUT2D eigenvalue weighted by Gasteiger charge is -2.46. The average molecular weight is 329 g/mol. The standard InChI is InChI=1S/C20H25ClN2/c1-12-19-8-16-15-7-14(21)9-22-11-20(12,2)17(15)5-6-18(16)23(19)10-13-3-4-13/h7,11-13,19H,3-6,8-10H2,1-2H3. The van der Waals surface area contributed by atoms with Gasteiger partial charge in [-0.3, -0.25) is 4.99 Å². The van der Waals surface area contributed by atoms with Gasteiger partial charge >= 0.3 is 0 Å². The number of rotatable bonds is 2. The summed E-state index contributed by atoms with van der Waals surface area (Å²) in [6, 6.07) is 0.648. The number of fused-ring (bicyclic) bond motifs is 1. The van der Waals surface area contributed by atoms with Crippen molar-refractivity contribution >= 4 is 17.8 Å². The van der Waals surface area contributed by atoms with Crippen LogP contribution in [0.15, 0.2) is 38.5 Å². The molecular formula is C20H25ClN2. The van der Waals surface area contributed by atoms with Crippen LogP contribution in [0.5, 0.6) is 0 Å². The monoisotopic (exact) mass is 328 g/mol. The summed E-state index contributed by atoms with van der Waals surface area (Å²) in [6.45, 7) is 6.80. The topological polar surface area (TPSA) is 15.6 Å². The SMILES string of the molecule is CC1C2CC3=C(CCC4=C3C=C(Cl)CN=CC41C)N2CC1CC1. The van der Waals surface area contributed by atoms with Gasteiger partial charge in [0.25, 0.3) is 0 Å². The first kappa shape index (κ1) is 14.3. The zero-order valence-corrected chi connectivity index (χ0v) is 14.9. The van der Waals surface area contributed by atoms with Crippen LogP contribution in [0.3, 0.4) is 0 Å². The Morgan fingerprint density at radius 1 is 1.35 bits per heavy atom. The summed E-state index contributed by atoms with van der Waals surface area (Å²) in [5, 5.41) is 0.885. The molecule has 2 nitrogen and oxygen atoms in total. The molecule has 122 valence electrons. The minimum Gasteiger partial charge on any atom is -0.371 e. The molecule has 23 heavy (non-hydrogen) atoms. The van der Waals surface area contributed by atoms with Crippen molar-refractivity contribution in [3.05, 3.63) is 33.5 Å². The Hall–Kier alpha value is -1.02. The van der Waals surface area contributed by atoms with E-state index in [9.17, 15) is 0 Å². The Morgan fingerprint density at radius 3 is 2.96 bits per heavy atom. The van der Waals surface area contributed by atoms with E-state index >= 15 is 0 Å². The molecular weight excluding hydrogens is 304 g/mol. The fourth-order valence-corrected chi connectivity index (χ4v) is 5.51. The number of allylic oxidation sites excluding steroid dienone is 4. The normalized spacial score (nSPS) is 38.7. The van der Waals surface area contributed by atoms with E-state index < -0.39 is 0 Å². The molecule has 3 heteroatoms. The van der Waals surface area contributed by atoms with Gasteiger partial charge in [0.2, 0.25) is 0 Å². The predicted octanol–water partition coefficient (Wildman–Crippen LogP) is 4.68. The van der Waals surface area contributed by atoms with E-state index in [1.165, 1.54) is 44.2 Å². The van der Waals surface area contributed by atoms with E-state index in [2.05, 4.69) is 31.0 Å². The molecule has 0 saturated heterocycles. The Labute approximate surface area is 144 Å². The maximum absolute atomic E-state index is 6.45.